The van der Waals surface area contributed by atoms with E-state index < -0.39 is 0 Å². The molecular formula is C17H18N2O2S. The van der Waals surface area contributed by atoms with E-state index in [1.165, 1.54) is 0 Å². The first-order valence-corrected chi connectivity index (χ1v) is 7.96. The molecule has 0 saturated carbocycles. The molecule has 0 aliphatic heterocycles. The number of ether oxygens (including phenoxy) is 1. The van der Waals surface area contributed by atoms with Crippen LogP contribution in [0.1, 0.15) is 5.56 Å². The molecule has 0 bridgehead atoms. The van der Waals surface area contributed by atoms with Crippen molar-refractivity contribution in [2.75, 3.05) is 18.7 Å². The molecule has 22 heavy (non-hydrogen) atoms. The van der Waals surface area contributed by atoms with Gasteiger partial charge in [0.1, 0.15) is 5.75 Å². The maximum Gasteiger partial charge on any atom is 0.323 e. The van der Waals surface area contributed by atoms with Crippen LogP contribution in [0.4, 0.5) is 10.5 Å². The molecule has 0 aliphatic carbocycles. The van der Waals surface area contributed by atoms with Crippen molar-refractivity contribution in [3.8, 4) is 5.75 Å². The minimum Gasteiger partial charge on any atom is -0.497 e. The maximum atomic E-state index is 11.8. The number of benzene rings is 2. The summed E-state index contributed by atoms with van der Waals surface area (Å²) in [5.41, 5.74) is 1.71. The van der Waals surface area contributed by atoms with Crippen molar-refractivity contribution in [1.82, 2.24) is 5.32 Å². The Morgan fingerprint density at radius 2 is 2.00 bits per heavy atom. The van der Waals surface area contributed by atoms with Gasteiger partial charge >= 0.3 is 6.03 Å². The van der Waals surface area contributed by atoms with Gasteiger partial charge in [-0.3, -0.25) is 0 Å². The molecule has 5 heteroatoms. The molecule has 0 spiro atoms. The topological polar surface area (TPSA) is 50.4 Å². The Morgan fingerprint density at radius 3 is 2.77 bits per heavy atom. The van der Waals surface area contributed by atoms with Crippen molar-refractivity contribution in [1.29, 1.82) is 0 Å². The minimum absolute atomic E-state index is 0.280. The van der Waals surface area contributed by atoms with Crippen molar-refractivity contribution in [2.45, 2.75) is 4.90 Å². The van der Waals surface area contributed by atoms with E-state index in [0.29, 0.717) is 0 Å². The number of nitrogens with one attached hydrogen (secondary N) is 2. The number of rotatable bonds is 5. The predicted molar refractivity (Wildman–Crippen MR) is 92.4 cm³/mol. The zero-order chi connectivity index (χ0) is 15.8. The van der Waals surface area contributed by atoms with Crippen molar-refractivity contribution >= 4 is 29.6 Å². The fourth-order valence-corrected chi connectivity index (χ4v) is 2.29. The molecule has 0 aliphatic rings. The van der Waals surface area contributed by atoms with E-state index >= 15 is 0 Å². The highest BCUT2D eigenvalue weighted by Gasteiger charge is 2.00. The van der Waals surface area contributed by atoms with Gasteiger partial charge in [-0.05, 0) is 48.2 Å². The average molecular weight is 314 g/mol. The molecular weight excluding hydrogens is 296 g/mol. The van der Waals surface area contributed by atoms with Gasteiger partial charge in [-0.2, -0.15) is 0 Å². The van der Waals surface area contributed by atoms with E-state index in [1.54, 1.807) is 31.1 Å². The van der Waals surface area contributed by atoms with Gasteiger partial charge < -0.3 is 15.4 Å². The highest BCUT2D eigenvalue weighted by Crippen LogP contribution is 2.18. The molecule has 2 N–H and O–H groups in total. The lowest BCUT2D eigenvalue weighted by Crippen LogP contribution is -2.23. The van der Waals surface area contributed by atoms with E-state index in [-0.39, 0.29) is 6.03 Å². The number of carbonyl (C=O) groups excluding carboxylic acids is 1. The molecule has 114 valence electrons. The van der Waals surface area contributed by atoms with E-state index in [9.17, 15) is 4.79 Å². The van der Waals surface area contributed by atoms with Crippen LogP contribution >= 0.6 is 11.8 Å². The first-order valence-electron chi connectivity index (χ1n) is 6.73. The SMILES string of the molecule is COc1cccc(/C=C/NC(=O)Nc2cccc(SC)c2)c1. The minimum atomic E-state index is -0.280. The normalized spacial score (nSPS) is 10.5. The van der Waals surface area contributed by atoms with Crippen LogP contribution in [0, 0.1) is 0 Å². The van der Waals surface area contributed by atoms with Gasteiger partial charge in [0.25, 0.3) is 0 Å². The van der Waals surface area contributed by atoms with Crippen molar-refractivity contribution < 1.29 is 9.53 Å². The molecule has 2 aromatic rings. The quantitative estimate of drug-likeness (QED) is 0.813. The summed E-state index contributed by atoms with van der Waals surface area (Å²) in [6, 6.07) is 15.0. The summed E-state index contributed by atoms with van der Waals surface area (Å²) < 4.78 is 5.15. The second kappa shape index (κ2) is 8.14. The second-order valence-electron chi connectivity index (χ2n) is 4.44. The first kappa shape index (κ1) is 16.0. The standard InChI is InChI=1S/C17H18N2O2S/c1-21-15-7-3-5-13(11-15)9-10-18-17(20)19-14-6-4-8-16(12-14)22-2/h3-12H,1-2H3,(H2,18,19,20)/b10-9+. The Hall–Kier alpha value is -2.40. The molecule has 0 aromatic heterocycles. The number of anilines is 1. The Morgan fingerprint density at radius 1 is 1.18 bits per heavy atom. The summed E-state index contributed by atoms with van der Waals surface area (Å²) in [6.07, 6.45) is 5.40. The summed E-state index contributed by atoms with van der Waals surface area (Å²) in [5.74, 6) is 0.778. The summed E-state index contributed by atoms with van der Waals surface area (Å²) in [7, 11) is 1.62. The molecule has 0 saturated heterocycles. The predicted octanol–water partition coefficient (Wildman–Crippen LogP) is 4.21. The van der Waals surface area contributed by atoms with Crippen LogP contribution in [0.15, 0.2) is 59.6 Å². The number of methoxy groups -OCH3 is 1. The largest absolute Gasteiger partial charge is 0.497 e. The second-order valence-corrected chi connectivity index (χ2v) is 5.32. The van der Waals surface area contributed by atoms with Crippen LogP contribution in [-0.2, 0) is 0 Å². The van der Waals surface area contributed by atoms with Gasteiger partial charge in [-0.15, -0.1) is 11.8 Å². The lowest BCUT2D eigenvalue weighted by atomic mass is 10.2. The number of thioether (sulfide) groups is 1. The zero-order valence-electron chi connectivity index (χ0n) is 12.5. The van der Waals surface area contributed by atoms with Crippen molar-refractivity contribution in [2.24, 2.45) is 0 Å². The molecule has 2 amide bonds. The molecule has 0 unspecified atom stereocenters. The first-order chi connectivity index (χ1) is 10.7. The van der Waals surface area contributed by atoms with E-state index in [2.05, 4.69) is 10.6 Å². The third kappa shape index (κ3) is 4.86. The van der Waals surface area contributed by atoms with Crippen molar-refractivity contribution in [3.63, 3.8) is 0 Å². The lowest BCUT2D eigenvalue weighted by molar-refractivity contribution is 0.255. The third-order valence-electron chi connectivity index (χ3n) is 2.91. The van der Waals surface area contributed by atoms with Crippen molar-refractivity contribution in [3.05, 3.63) is 60.3 Å². The highest BCUT2D eigenvalue weighted by molar-refractivity contribution is 7.98. The zero-order valence-corrected chi connectivity index (χ0v) is 13.3. The lowest BCUT2D eigenvalue weighted by Gasteiger charge is -2.06. The Balaban J connectivity index is 1.90. The summed E-state index contributed by atoms with van der Waals surface area (Å²) >= 11 is 1.63. The molecule has 4 nitrogen and oxygen atoms in total. The van der Waals surface area contributed by atoms with Crippen LogP contribution in [0.5, 0.6) is 5.75 Å². The van der Waals surface area contributed by atoms with Gasteiger partial charge in [0.2, 0.25) is 0 Å². The third-order valence-corrected chi connectivity index (χ3v) is 3.64. The van der Waals surface area contributed by atoms with E-state index in [0.717, 1.165) is 21.9 Å². The molecule has 2 rings (SSSR count). The van der Waals surface area contributed by atoms with E-state index in [1.807, 2.05) is 54.8 Å². The number of hydrogen-bond acceptors (Lipinski definition) is 3. The van der Waals surface area contributed by atoms with Crippen LogP contribution < -0.4 is 15.4 Å². The average Bonchev–Trinajstić information content (AvgIpc) is 2.55. The number of carbonyl (C=O) groups is 1. The summed E-state index contributed by atoms with van der Waals surface area (Å²) in [4.78, 5) is 12.9. The Bertz CT molecular complexity index is 671. The van der Waals surface area contributed by atoms with E-state index in [4.69, 9.17) is 4.74 Å². The maximum absolute atomic E-state index is 11.8. The van der Waals surface area contributed by atoms with Gasteiger partial charge in [0.15, 0.2) is 0 Å². The van der Waals surface area contributed by atoms with Crippen LogP contribution in [0.2, 0.25) is 0 Å². The monoisotopic (exact) mass is 314 g/mol. The van der Waals surface area contributed by atoms with Gasteiger partial charge in [-0.25, -0.2) is 4.79 Å². The van der Waals surface area contributed by atoms with Gasteiger partial charge in [0.05, 0.1) is 7.11 Å². The Labute approximate surface area is 134 Å². The smallest absolute Gasteiger partial charge is 0.323 e. The van der Waals surface area contributed by atoms with Crippen LogP contribution in [0.25, 0.3) is 6.08 Å². The van der Waals surface area contributed by atoms with Gasteiger partial charge in [0, 0.05) is 16.8 Å². The van der Waals surface area contributed by atoms with Gasteiger partial charge in [-0.1, -0.05) is 18.2 Å². The molecule has 2 aromatic carbocycles. The number of amides is 2. The molecule has 0 heterocycles. The number of hydrogen-bond donors (Lipinski definition) is 2. The molecule has 0 atom stereocenters. The van der Waals surface area contributed by atoms with Crippen LogP contribution in [0.3, 0.4) is 0 Å². The fourth-order valence-electron chi connectivity index (χ4n) is 1.83. The summed E-state index contributed by atoms with van der Waals surface area (Å²) in [6.45, 7) is 0. The Kier molecular flexibility index (Phi) is 5.91. The van der Waals surface area contributed by atoms with Crippen LogP contribution in [-0.4, -0.2) is 19.4 Å². The highest BCUT2D eigenvalue weighted by atomic mass is 32.2. The fraction of sp³-hybridized carbons (Fsp3) is 0.118. The molecule has 0 fully saturated rings. The number of urea groups is 1. The summed E-state index contributed by atoms with van der Waals surface area (Å²) in [5, 5.41) is 5.46. The molecule has 0 radical (unpaired) electrons.